The van der Waals surface area contributed by atoms with Gasteiger partial charge in [-0.25, -0.2) is 9.78 Å². The quantitative estimate of drug-likeness (QED) is 0.727. The molecule has 1 amide bonds. The zero-order valence-electron chi connectivity index (χ0n) is 16.0. The van der Waals surface area contributed by atoms with Crippen LogP contribution < -0.4 is 15.4 Å². The molecule has 1 aromatic heterocycles. The number of imidazole rings is 1. The summed E-state index contributed by atoms with van der Waals surface area (Å²) in [6, 6.07) is 13.8. The van der Waals surface area contributed by atoms with Crippen molar-refractivity contribution >= 4 is 22.8 Å². The minimum Gasteiger partial charge on any atom is -0.408 e. The molecular weight excluding hydrogens is 354 g/mol. The number of hydrogen-bond donors (Lipinski definition) is 2. The van der Waals surface area contributed by atoms with Gasteiger partial charge in [0.05, 0.1) is 5.52 Å². The van der Waals surface area contributed by atoms with E-state index < -0.39 is 6.09 Å². The molecule has 0 bridgehead atoms. The van der Waals surface area contributed by atoms with Gasteiger partial charge in [0.15, 0.2) is 5.75 Å². The number of nitrogens with one attached hydrogen (secondary N) is 1. The fourth-order valence-corrected chi connectivity index (χ4v) is 3.71. The van der Waals surface area contributed by atoms with Crippen LogP contribution in [-0.2, 0) is 0 Å². The number of ether oxygens (including phenoxy) is 1. The second-order valence-corrected chi connectivity index (χ2v) is 6.98. The molecule has 1 saturated heterocycles. The van der Waals surface area contributed by atoms with Crippen LogP contribution in [0.2, 0.25) is 0 Å². The number of anilines is 1. The Labute approximate surface area is 164 Å². The minimum absolute atomic E-state index is 0.356. The first-order valence-electron chi connectivity index (χ1n) is 9.68. The summed E-state index contributed by atoms with van der Waals surface area (Å²) in [6.07, 6.45) is 0.336. The number of para-hydroxylation sites is 1. The minimum atomic E-state index is -0.847. The van der Waals surface area contributed by atoms with Crippen molar-refractivity contribution in [1.82, 2.24) is 14.9 Å². The maximum absolute atomic E-state index is 11.1. The summed E-state index contributed by atoms with van der Waals surface area (Å²) >= 11 is 0. The zero-order chi connectivity index (χ0) is 19.5. The lowest BCUT2D eigenvalue weighted by Crippen LogP contribution is -2.30. The van der Waals surface area contributed by atoms with Crippen LogP contribution in [0, 0.1) is 0 Å². The van der Waals surface area contributed by atoms with Gasteiger partial charge in [0.2, 0.25) is 0 Å². The van der Waals surface area contributed by atoms with Crippen molar-refractivity contribution in [3.05, 3.63) is 42.5 Å². The first-order valence-corrected chi connectivity index (χ1v) is 9.68. The molecule has 0 radical (unpaired) electrons. The van der Waals surface area contributed by atoms with Gasteiger partial charge in [-0.1, -0.05) is 13.0 Å². The lowest BCUT2D eigenvalue weighted by atomic mass is 10.2. The van der Waals surface area contributed by atoms with E-state index in [0.717, 1.165) is 43.1 Å². The lowest BCUT2D eigenvalue weighted by molar-refractivity contribution is 0.211. The lowest BCUT2D eigenvalue weighted by Gasteiger charge is -2.23. The summed E-state index contributed by atoms with van der Waals surface area (Å²) in [6.45, 7) is 7.72. The SMILES string of the molecule is CCN1CCCN(c2ccc(-c3nc4c(OC(N)=O)cccc4[nH]3)cc2)CC1. The van der Waals surface area contributed by atoms with Crippen LogP contribution in [0.25, 0.3) is 22.4 Å². The molecule has 146 valence electrons. The zero-order valence-corrected chi connectivity index (χ0v) is 16.0. The molecule has 2 heterocycles. The van der Waals surface area contributed by atoms with Gasteiger partial charge in [-0.15, -0.1) is 0 Å². The van der Waals surface area contributed by atoms with E-state index >= 15 is 0 Å². The fourth-order valence-electron chi connectivity index (χ4n) is 3.71. The number of H-pyrrole nitrogens is 1. The number of aromatic amines is 1. The Balaban J connectivity index is 1.56. The van der Waals surface area contributed by atoms with Gasteiger partial charge in [-0.3, -0.25) is 0 Å². The number of nitrogens with two attached hydrogens (primary N) is 1. The molecule has 0 atom stereocenters. The highest BCUT2D eigenvalue weighted by atomic mass is 16.5. The maximum Gasteiger partial charge on any atom is 0.410 e. The van der Waals surface area contributed by atoms with Gasteiger partial charge in [0.25, 0.3) is 0 Å². The molecule has 0 aliphatic carbocycles. The molecule has 0 unspecified atom stereocenters. The standard InChI is InChI=1S/C21H25N5O2/c1-2-25-11-4-12-26(14-13-25)16-9-7-15(8-10-16)20-23-17-5-3-6-18(19(17)24-20)28-21(22)27/h3,5-10H,2,4,11-14H2,1H3,(H2,22,27)(H,23,24). The number of aromatic nitrogens is 2. The van der Waals surface area contributed by atoms with Crippen LogP contribution >= 0.6 is 0 Å². The normalized spacial score (nSPS) is 15.5. The topological polar surface area (TPSA) is 87.5 Å². The molecule has 28 heavy (non-hydrogen) atoms. The second kappa shape index (κ2) is 7.90. The van der Waals surface area contributed by atoms with E-state index in [9.17, 15) is 4.79 Å². The average molecular weight is 379 g/mol. The molecule has 7 heteroatoms. The molecule has 7 nitrogen and oxygen atoms in total. The largest absolute Gasteiger partial charge is 0.410 e. The van der Waals surface area contributed by atoms with Crippen LogP contribution in [0.15, 0.2) is 42.5 Å². The van der Waals surface area contributed by atoms with Gasteiger partial charge in [-0.2, -0.15) is 0 Å². The molecule has 3 N–H and O–H groups in total. The predicted molar refractivity (Wildman–Crippen MR) is 111 cm³/mol. The number of rotatable bonds is 4. The summed E-state index contributed by atoms with van der Waals surface area (Å²) in [4.78, 5) is 23.9. The van der Waals surface area contributed by atoms with Crippen LogP contribution in [0.4, 0.5) is 10.5 Å². The van der Waals surface area contributed by atoms with E-state index in [0.29, 0.717) is 11.3 Å². The molecule has 1 fully saturated rings. The average Bonchev–Trinajstić information content (AvgIpc) is 2.99. The second-order valence-electron chi connectivity index (χ2n) is 6.98. The highest BCUT2D eigenvalue weighted by molar-refractivity contribution is 5.87. The van der Waals surface area contributed by atoms with Crippen molar-refractivity contribution in [1.29, 1.82) is 0 Å². The molecule has 0 spiro atoms. The molecule has 4 rings (SSSR count). The number of benzene rings is 2. The molecule has 1 aliphatic rings. The van der Waals surface area contributed by atoms with Crippen LogP contribution in [0.1, 0.15) is 13.3 Å². The summed E-state index contributed by atoms with van der Waals surface area (Å²) in [7, 11) is 0. The van der Waals surface area contributed by atoms with Gasteiger partial charge in [0, 0.05) is 30.9 Å². The molecule has 0 saturated carbocycles. The third kappa shape index (κ3) is 3.80. The summed E-state index contributed by atoms with van der Waals surface area (Å²) in [5.41, 5.74) is 8.74. The van der Waals surface area contributed by atoms with E-state index in [1.807, 2.05) is 6.07 Å². The number of primary amides is 1. The van der Waals surface area contributed by atoms with Crippen molar-refractivity contribution in [2.24, 2.45) is 5.73 Å². The Bertz CT molecular complexity index is 967. The Morgan fingerprint density at radius 3 is 2.71 bits per heavy atom. The van der Waals surface area contributed by atoms with Gasteiger partial charge in [0.1, 0.15) is 11.3 Å². The van der Waals surface area contributed by atoms with Crippen molar-refractivity contribution < 1.29 is 9.53 Å². The molecule has 2 aromatic carbocycles. The number of hydrogen-bond acceptors (Lipinski definition) is 5. The number of carbonyl (C=O) groups excluding carboxylic acids is 1. The number of amides is 1. The van der Waals surface area contributed by atoms with Gasteiger partial charge < -0.3 is 25.3 Å². The fraction of sp³-hybridized carbons (Fsp3) is 0.333. The van der Waals surface area contributed by atoms with Crippen molar-refractivity contribution in [2.45, 2.75) is 13.3 Å². The van der Waals surface area contributed by atoms with Crippen LogP contribution in [-0.4, -0.2) is 53.7 Å². The van der Waals surface area contributed by atoms with E-state index in [2.05, 4.69) is 51.0 Å². The van der Waals surface area contributed by atoms with Crippen LogP contribution in [0.3, 0.4) is 0 Å². The van der Waals surface area contributed by atoms with Crippen molar-refractivity contribution in [3.8, 4) is 17.1 Å². The number of likely N-dealkylation sites (N-methyl/N-ethyl adjacent to an activating group) is 1. The number of nitrogens with zero attached hydrogens (tertiary/aromatic N) is 3. The first kappa shape index (κ1) is 18.3. The Hall–Kier alpha value is -3.06. The first-order chi connectivity index (χ1) is 13.6. The van der Waals surface area contributed by atoms with Gasteiger partial charge in [-0.05, 0) is 55.9 Å². The molecule has 3 aromatic rings. The highest BCUT2D eigenvalue weighted by Gasteiger charge is 2.15. The van der Waals surface area contributed by atoms with E-state index in [-0.39, 0.29) is 0 Å². The third-order valence-corrected chi connectivity index (χ3v) is 5.23. The third-order valence-electron chi connectivity index (χ3n) is 5.23. The summed E-state index contributed by atoms with van der Waals surface area (Å²) < 4.78 is 5.05. The smallest absolute Gasteiger partial charge is 0.408 e. The maximum atomic E-state index is 11.1. The molecule has 1 aliphatic heterocycles. The Morgan fingerprint density at radius 1 is 1.14 bits per heavy atom. The van der Waals surface area contributed by atoms with E-state index in [1.54, 1.807) is 12.1 Å². The Morgan fingerprint density at radius 2 is 1.96 bits per heavy atom. The number of carbonyl (C=O) groups is 1. The predicted octanol–water partition coefficient (Wildman–Crippen LogP) is 3.22. The number of fused-ring (bicyclic) bond motifs is 1. The van der Waals surface area contributed by atoms with E-state index in [1.165, 1.54) is 18.7 Å². The monoisotopic (exact) mass is 379 g/mol. The summed E-state index contributed by atoms with van der Waals surface area (Å²) in [5, 5.41) is 0. The molecular formula is C21H25N5O2. The van der Waals surface area contributed by atoms with Crippen molar-refractivity contribution in [2.75, 3.05) is 37.6 Å². The van der Waals surface area contributed by atoms with Crippen LogP contribution in [0.5, 0.6) is 5.75 Å². The van der Waals surface area contributed by atoms with Crippen molar-refractivity contribution in [3.63, 3.8) is 0 Å². The van der Waals surface area contributed by atoms with E-state index in [4.69, 9.17) is 10.5 Å². The highest BCUT2D eigenvalue weighted by Crippen LogP contribution is 2.28. The van der Waals surface area contributed by atoms with Gasteiger partial charge >= 0.3 is 6.09 Å². The summed E-state index contributed by atoms with van der Waals surface area (Å²) in [5.74, 6) is 1.09. The Kier molecular flexibility index (Phi) is 5.16.